The molecule has 41 heavy (non-hydrogen) atoms. The molecule has 224 valence electrons. The Hall–Kier alpha value is -4.56. The summed E-state index contributed by atoms with van der Waals surface area (Å²) >= 11 is 0. The minimum absolute atomic E-state index is 0.0309. The summed E-state index contributed by atoms with van der Waals surface area (Å²) in [4.78, 5) is 63.7. The number of hydrogen-bond acceptors (Lipinski definition) is 14. The van der Waals surface area contributed by atoms with Gasteiger partial charge < -0.3 is 18.9 Å². The molecule has 0 aliphatic rings. The van der Waals surface area contributed by atoms with Gasteiger partial charge in [0.05, 0.1) is 47.6 Å². The van der Waals surface area contributed by atoms with Crippen molar-refractivity contribution in [2.75, 3.05) is 26.4 Å². The SMILES string of the molecule is CCCCOc1ccc(C(=O)OOOC(=O)OCCCOC(=O)OOOC(=O)c2ccc(OCCCC)cc2)cc1. The van der Waals surface area contributed by atoms with E-state index in [0.717, 1.165) is 25.7 Å². The first-order valence-electron chi connectivity index (χ1n) is 12.8. The minimum atomic E-state index is -1.31. The fourth-order valence-electron chi connectivity index (χ4n) is 2.71. The summed E-state index contributed by atoms with van der Waals surface area (Å²) in [5.74, 6) is -0.643. The van der Waals surface area contributed by atoms with Crippen LogP contribution in [0.5, 0.6) is 11.5 Å². The lowest BCUT2D eigenvalue weighted by atomic mass is 10.2. The van der Waals surface area contributed by atoms with Gasteiger partial charge in [0.25, 0.3) is 0 Å². The van der Waals surface area contributed by atoms with Gasteiger partial charge in [-0.2, -0.15) is 0 Å². The van der Waals surface area contributed by atoms with Gasteiger partial charge in [0, 0.05) is 6.42 Å². The lowest BCUT2D eigenvalue weighted by Crippen LogP contribution is -2.15. The van der Waals surface area contributed by atoms with Crippen LogP contribution in [0.4, 0.5) is 9.59 Å². The minimum Gasteiger partial charge on any atom is -0.494 e. The predicted octanol–water partition coefficient (Wildman–Crippen LogP) is 5.45. The van der Waals surface area contributed by atoms with E-state index in [4.69, 9.17) is 9.47 Å². The molecule has 0 amide bonds. The standard InChI is InChI=1S/C27H32O14/c1-3-5-16-32-22-12-8-20(9-13-22)24(28)36-40-38-26(30)34-18-7-19-35-27(31)39-41-37-25(29)21-10-14-23(15-11-21)33-17-6-4-2/h8-15H,3-7,16-19H2,1-2H3. The normalized spacial score (nSPS) is 10.2. The first-order valence-corrected chi connectivity index (χ1v) is 12.8. The maximum atomic E-state index is 11.9. The molecule has 0 spiro atoms. The van der Waals surface area contributed by atoms with Crippen LogP contribution in [0, 0.1) is 0 Å². The Morgan fingerprint density at radius 1 is 0.512 bits per heavy atom. The molecule has 0 N–H and O–H groups in total. The first-order chi connectivity index (χ1) is 19.9. The Bertz CT molecular complexity index is 983. The van der Waals surface area contributed by atoms with Gasteiger partial charge in [0.15, 0.2) is 0 Å². The third-order valence-electron chi connectivity index (χ3n) is 4.87. The summed E-state index contributed by atoms with van der Waals surface area (Å²) in [6.07, 6.45) is 1.22. The summed E-state index contributed by atoms with van der Waals surface area (Å²) < 4.78 is 20.2. The number of carbonyl (C=O) groups is 4. The molecule has 0 fully saturated rings. The van der Waals surface area contributed by atoms with Crippen molar-refractivity contribution in [3.05, 3.63) is 59.7 Å². The Morgan fingerprint density at radius 3 is 1.27 bits per heavy atom. The van der Waals surface area contributed by atoms with Crippen LogP contribution in [0.1, 0.15) is 66.7 Å². The van der Waals surface area contributed by atoms with Crippen molar-refractivity contribution >= 4 is 24.2 Å². The molecule has 0 atom stereocenters. The lowest BCUT2D eigenvalue weighted by molar-refractivity contribution is -0.452. The van der Waals surface area contributed by atoms with Crippen LogP contribution in [-0.2, 0) is 39.1 Å². The van der Waals surface area contributed by atoms with Crippen molar-refractivity contribution in [3.63, 3.8) is 0 Å². The number of hydrogen-bond donors (Lipinski definition) is 0. The molecule has 2 rings (SSSR count). The van der Waals surface area contributed by atoms with Crippen molar-refractivity contribution in [2.24, 2.45) is 0 Å². The molecule has 0 aliphatic heterocycles. The zero-order valence-electron chi connectivity index (χ0n) is 22.7. The van der Waals surface area contributed by atoms with Gasteiger partial charge in [0.1, 0.15) is 11.5 Å². The Kier molecular flexibility index (Phi) is 15.5. The zero-order valence-corrected chi connectivity index (χ0v) is 22.7. The second-order valence-corrected chi connectivity index (χ2v) is 8.05. The van der Waals surface area contributed by atoms with E-state index in [1.807, 2.05) is 13.8 Å². The molecule has 0 bridgehead atoms. The van der Waals surface area contributed by atoms with Gasteiger partial charge in [-0.3, -0.25) is 9.78 Å². The van der Waals surface area contributed by atoms with E-state index in [-0.39, 0.29) is 30.8 Å². The van der Waals surface area contributed by atoms with Crippen LogP contribution < -0.4 is 9.47 Å². The third-order valence-corrected chi connectivity index (χ3v) is 4.87. The molecule has 0 aliphatic carbocycles. The lowest BCUT2D eigenvalue weighted by Gasteiger charge is -2.07. The van der Waals surface area contributed by atoms with E-state index in [1.165, 1.54) is 24.3 Å². The van der Waals surface area contributed by atoms with Crippen LogP contribution >= 0.6 is 0 Å². The van der Waals surface area contributed by atoms with Crippen LogP contribution in [-0.4, -0.2) is 50.7 Å². The Labute approximate surface area is 235 Å². The molecule has 14 nitrogen and oxygen atoms in total. The highest BCUT2D eigenvalue weighted by molar-refractivity contribution is 5.89. The third kappa shape index (κ3) is 13.9. The van der Waals surface area contributed by atoms with Crippen molar-refractivity contribution in [1.82, 2.24) is 0 Å². The topological polar surface area (TPSA) is 161 Å². The fraction of sp³-hybridized carbons (Fsp3) is 0.407. The van der Waals surface area contributed by atoms with Crippen molar-refractivity contribution < 1.29 is 67.8 Å². The van der Waals surface area contributed by atoms with Gasteiger partial charge in [0.2, 0.25) is 0 Å². The van der Waals surface area contributed by atoms with E-state index < -0.39 is 24.2 Å². The average Bonchev–Trinajstić information content (AvgIpc) is 2.98. The van der Waals surface area contributed by atoms with Crippen LogP contribution in [0.15, 0.2) is 48.5 Å². The van der Waals surface area contributed by atoms with Gasteiger partial charge in [-0.1, -0.05) is 26.7 Å². The highest BCUT2D eigenvalue weighted by Crippen LogP contribution is 2.15. The summed E-state index contributed by atoms with van der Waals surface area (Å²) in [7, 11) is 0. The summed E-state index contributed by atoms with van der Waals surface area (Å²) in [6.45, 7) is 4.71. The molecule has 0 unspecified atom stereocenters. The van der Waals surface area contributed by atoms with Crippen molar-refractivity contribution in [3.8, 4) is 11.5 Å². The highest BCUT2D eigenvalue weighted by Gasteiger charge is 2.14. The van der Waals surface area contributed by atoms with E-state index in [9.17, 15) is 19.2 Å². The quantitative estimate of drug-likeness (QED) is 0.0947. The monoisotopic (exact) mass is 580 g/mol. The number of rotatable bonds is 18. The van der Waals surface area contributed by atoms with E-state index in [0.29, 0.717) is 24.7 Å². The van der Waals surface area contributed by atoms with Gasteiger partial charge >= 0.3 is 24.2 Å². The molecule has 0 radical (unpaired) electrons. The van der Waals surface area contributed by atoms with Crippen LogP contribution in [0.3, 0.4) is 0 Å². The van der Waals surface area contributed by atoms with Crippen LogP contribution in [0.2, 0.25) is 0 Å². The van der Waals surface area contributed by atoms with E-state index >= 15 is 0 Å². The largest absolute Gasteiger partial charge is 0.543 e. The number of unbranched alkanes of at least 4 members (excludes halogenated alkanes) is 2. The molecular formula is C27H32O14. The maximum absolute atomic E-state index is 11.9. The molecule has 0 saturated carbocycles. The second-order valence-electron chi connectivity index (χ2n) is 8.05. The first kappa shape index (κ1) is 32.7. The summed E-state index contributed by atoms with van der Waals surface area (Å²) in [5, 5.41) is 8.23. The predicted molar refractivity (Wildman–Crippen MR) is 136 cm³/mol. The van der Waals surface area contributed by atoms with Crippen LogP contribution in [0.25, 0.3) is 0 Å². The average molecular weight is 581 g/mol. The Morgan fingerprint density at radius 2 is 0.902 bits per heavy atom. The molecule has 2 aromatic rings. The molecule has 14 heteroatoms. The van der Waals surface area contributed by atoms with Crippen molar-refractivity contribution in [2.45, 2.75) is 46.0 Å². The van der Waals surface area contributed by atoms with Crippen molar-refractivity contribution in [1.29, 1.82) is 0 Å². The van der Waals surface area contributed by atoms with E-state index in [1.54, 1.807) is 24.3 Å². The highest BCUT2D eigenvalue weighted by atomic mass is 17.5. The summed E-state index contributed by atoms with van der Waals surface area (Å²) in [5.41, 5.74) is 0.268. The number of benzene rings is 2. The summed E-state index contributed by atoms with van der Waals surface area (Å²) in [6, 6.07) is 12.2. The number of ether oxygens (including phenoxy) is 4. The van der Waals surface area contributed by atoms with Gasteiger partial charge in [-0.25, -0.2) is 29.0 Å². The smallest absolute Gasteiger partial charge is 0.494 e. The molecule has 0 heterocycles. The molecular weight excluding hydrogens is 548 g/mol. The second kappa shape index (κ2) is 19.5. The van der Waals surface area contributed by atoms with E-state index in [2.05, 4.69) is 39.1 Å². The number of carbonyl (C=O) groups excluding carboxylic acids is 4. The molecule has 2 aromatic carbocycles. The zero-order chi connectivity index (χ0) is 29.7. The fourth-order valence-corrected chi connectivity index (χ4v) is 2.71. The van der Waals surface area contributed by atoms with Gasteiger partial charge in [-0.15, -0.1) is 0 Å². The van der Waals surface area contributed by atoms with Gasteiger partial charge in [-0.05, 0) is 61.4 Å². The Balaban J connectivity index is 1.49. The maximum Gasteiger partial charge on any atom is 0.543 e. The molecule has 0 saturated heterocycles. The molecule has 0 aromatic heterocycles.